The number of benzene rings is 1. The summed E-state index contributed by atoms with van der Waals surface area (Å²) in [5.41, 5.74) is 0.505. The van der Waals surface area contributed by atoms with E-state index in [0.29, 0.717) is 21.9 Å². The molecule has 0 fully saturated rings. The van der Waals surface area contributed by atoms with Crippen molar-refractivity contribution < 1.29 is 29.3 Å². The van der Waals surface area contributed by atoms with Gasteiger partial charge in [-0.05, 0) is 52.4 Å². The molecule has 1 aromatic carbocycles. The minimum atomic E-state index is -1.31. The Bertz CT molecular complexity index is 872. The molecule has 10 unspecified atom stereocenters. The molecule has 34 heavy (non-hydrogen) atoms. The highest BCUT2D eigenvalue weighted by Gasteiger charge is 2.47. The number of hydrogen-bond donors (Lipinski definition) is 2. The van der Waals surface area contributed by atoms with Crippen LogP contribution in [0.4, 0.5) is 0 Å². The molecule has 0 saturated heterocycles. The lowest BCUT2D eigenvalue weighted by Crippen LogP contribution is -2.42. The van der Waals surface area contributed by atoms with E-state index in [1.165, 1.54) is 0 Å². The molecule has 1 aliphatic carbocycles. The number of carbonyl (C=O) groups is 3. The van der Waals surface area contributed by atoms with Crippen LogP contribution in [0.25, 0.3) is 0 Å². The van der Waals surface area contributed by atoms with Crippen LogP contribution in [0.2, 0.25) is 0 Å². The fraction of sp³-hybridized carbons (Fsp3) is 0.526. The predicted molar refractivity (Wildman–Crippen MR) is 168 cm³/mol. The van der Waals surface area contributed by atoms with Crippen molar-refractivity contribution >= 4 is 94.7 Å². The molecule has 10 atom stereocenters. The SMILES string of the molecule is CCC(C)(C)C(=O)OC1c2ccccc2CC(C(=O)O)C1C(=O)O.PPC(P)(P(P)P)P(P)P. The smallest absolute Gasteiger partial charge is 0.312 e. The standard InChI is InChI=1S/C18H22O6.CH13P9/c1-4-18(2,3)17(23)24-14-11-8-6-5-7-10(11)9-12(15(19)20)13(14)16(21)22;2-1(8-3,9(4)5)10(6)7/h5-8,12-14H,4,9H2,1-3H3,(H,19,20)(H,21,22);8H,2-7H2. The summed E-state index contributed by atoms with van der Waals surface area (Å²) < 4.78 is 5.98. The van der Waals surface area contributed by atoms with Crippen molar-refractivity contribution in [3.63, 3.8) is 0 Å². The summed E-state index contributed by atoms with van der Waals surface area (Å²) >= 11 is 0. The Morgan fingerprint density at radius 2 is 1.62 bits per heavy atom. The Morgan fingerprint density at radius 3 is 2.00 bits per heavy atom. The second-order valence-electron chi connectivity index (χ2n) is 8.46. The molecule has 0 spiro atoms. The van der Waals surface area contributed by atoms with Crippen molar-refractivity contribution in [3.8, 4) is 0 Å². The molecule has 6 nitrogen and oxygen atoms in total. The van der Waals surface area contributed by atoms with Crippen LogP contribution >= 0.6 is 76.7 Å². The minimum absolute atomic E-state index is 0.0105. The van der Waals surface area contributed by atoms with Gasteiger partial charge in [-0.15, -0.1) is 53.9 Å². The summed E-state index contributed by atoms with van der Waals surface area (Å²) in [5.74, 6) is -5.45. The van der Waals surface area contributed by atoms with Crippen molar-refractivity contribution in [1.29, 1.82) is 0 Å². The highest BCUT2D eigenvalue weighted by molar-refractivity contribution is 8.59. The van der Waals surface area contributed by atoms with Crippen LogP contribution in [-0.2, 0) is 25.5 Å². The lowest BCUT2D eigenvalue weighted by Gasteiger charge is -2.36. The maximum Gasteiger partial charge on any atom is 0.312 e. The summed E-state index contributed by atoms with van der Waals surface area (Å²) in [5, 5.41) is 19.0. The number of hydrogen-bond acceptors (Lipinski definition) is 4. The summed E-state index contributed by atoms with van der Waals surface area (Å²) in [7, 11) is 18.4. The summed E-state index contributed by atoms with van der Waals surface area (Å²) in [6.45, 7) is 5.27. The Kier molecular flexibility index (Phi) is 14.4. The monoisotopic (exact) mass is 638 g/mol. The van der Waals surface area contributed by atoms with E-state index in [1.807, 2.05) is 6.92 Å². The third-order valence-corrected chi connectivity index (χ3v) is 31.8. The highest BCUT2D eigenvalue weighted by atomic mass is 32.4. The molecule has 15 heteroatoms. The number of carbonyl (C=O) groups excluding carboxylic acids is 1. The second-order valence-corrected chi connectivity index (χ2v) is 27.3. The fourth-order valence-electron chi connectivity index (χ4n) is 3.15. The number of rotatable bonds is 8. The van der Waals surface area contributed by atoms with E-state index in [-0.39, 0.29) is 21.0 Å². The molecule has 192 valence electrons. The van der Waals surface area contributed by atoms with Gasteiger partial charge >= 0.3 is 17.9 Å². The molecule has 0 saturated carbocycles. The van der Waals surface area contributed by atoms with Gasteiger partial charge in [0.2, 0.25) is 0 Å². The predicted octanol–water partition coefficient (Wildman–Crippen LogP) is 6.73. The van der Waals surface area contributed by atoms with Crippen molar-refractivity contribution in [1.82, 2.24) is 0 Å². The zero-order valence-corrected chi connectivity index (χ0v) is 29.1. The molecular weight excluding hydrogens is 603 g/mol. The van der Waals surface area contributed by atoms with Crippen molar-refractivity contribution in [2.75, 3.05) is 0 Å². The molecule has 0 radical (unpaired) electrons. The number of carboxylic acids is 2. The molecule has 1 aromatic rings. The van der Waals surface area contributed by atoms with Gasteiger partial charge in [0, 0.05) is 0 Å². The van der Waals surface area contributed by atoms with Gasteiger partial charge in [0.05, 0.1) is 15.7 Å². The maximum atomic E-state index is 12.5. The van der Waals surface area contributed by atoms with Gasteiger partial charge in [-0.25, -0.2) is 0 Å². The van der Waals surface area contributed by atoms with Gasteiger partial charge in [-0.1, -0.05) is 39.5 Å². The highest BCUT2D eigenvalue weighted by Crippen LogP contribution is 2.89. The molecule has 0 bridgehead atoms. The minimum Gasteiger partial charge on any atom is -0.481 e. The summed E-state index contributed by atoms with van der Waals surface area (Å²) in [4.78, 5) is 35.8. The lowest BCUT2D eigenvalue weighted by atomic mass is 9.73. The van der Waals surface area contributed by atoms with Crippen LogP contribution in [0.15, 0.2) is 24.3 Å². The summed E-state index contributed by atoms with van der Waals surface area (Å²) in [6.07, 6.45) is -0.472. The Labute approximate surface area is 220 Å². The van der Waals surface area contributed by atoms with Gasteiger partial charge in [0.25, 0.3) is 0 Å². The average Bonchev–Trinajstić information content (AvgIpc) is 2.77. The number of carboxylic acid groups (broad SMARTS) is 2. The molecular formula is C19H35O6P9. The van der Waals surface area contributed by atoms with E-state index in [4.69, 9.17) is 4.74 Å². The first-order chi connectivity index (χ1) is 15.6. The van der Waals surface area contributed by atoms with Crippen LogP contribution in [-0.4, -0.2) is 32.5 Å². The maximum absolute atomic E-state index is 12.5. The van der Waals surface area contributed by atoms with Gasteiger partial charge in [-0.2, -0.15) is 0 Å². The third kappa shape index (κ3) is 8.51. The first-order valence-corrected chi connectivity index (χ1v) is 22.8. The molecule has 0 aromatic heterocycles. The molecule has 0 amide bonds. The quantitative estimate of drug-likeness (QED) is 0.242. The Balaban J connectivity index is 0.000000489. The number of ether oxygens (including phenoxy) is 1. The largest absolute Gasteiger partial charge is 0.481 e. The molecule has 0 heterocycles. The Hall–Kier alpha value is 1.50. The fourth-order valence-corrected chi connectivity index (χ4v) is 25.7. The molecule has 0 aliphatic heterocycles. The third-order valence-electron chi connectivity index (χ3n) is 5.83. The van der Waals surface area contributed by atoms with E-state index in [2.05, 4.69) is 53.9 Å². The second kappa shape index (κ2) is 14.6. The molecule has 1 aliphatic rings. The van der Waals surface area contributed by atoms with Gasteiger partial charge in [-0.3, -0.25) is 14.4 Å². The number of aliphatic carboxylic acids is 2. The van der Waals surface area contributed by atoms with E-state index in [1.54, 1.807) is 38.1 Å². The van der Waals surface area contributed by atoms with Crippen LogP contribution in [0.1, 0.15) is 44.4 Å². The van der Waals surface area contributed by atoms with E-state index < -0.39 is 41.3 Å². The van der Waals surface area contributed by atoms with E-state index in [0.717, 1.165) is 8.27 Å². The van der Waals surface area contributed by atoms with Gasteiger partial charge in [0.15, 0.2) is 0 Å². The molecule has 2 rings (SSSR count). The van der Waals surface area contributed by atoms with Crippen molar-refractivity contribution in [2.24, 2.45) is 17.3 Å². The zero-order valence-electron chi connectivity index (χ0n) is 19.3. The Morgan fingerprint density at radius 1 is 1.09 bits per heavy atom. The first-order valence-electron chi connectivity index (χ1n) is 10.2. The zero-order chi connectivity index (χ0) is 26.4. The van der Waals surface area contributed by atoms with Crippen LogP contribution in [0.3, 0.4) is 0 Å². The normalized spacial score (nSPS) is 20.6. The number of esters is 1. The van der Waals surface area contributed by atoms with Crippen LogP contribution < -0.4 is 0 Å². The van der Waals surface area contributed by atoms with Gasteiger partial charge in [0.1, 0.15) is 12.0 Å². The van der Waals surface area contributed by atoms with Crippen LogP contribution in [0, 0.1) is 17.3 Å². The summed E-state index contributed by atoms with van der Waals surface area (Å²) in [6, 6.07) is 6.92. The number of fused-ring (bicyclic) bond motifs is 1. The van der Waals surface area contributed by atoms with Crippen molar-refractivity contribution in [3.05, 3.63) is 35.4 Å². The van der Waals surface area contributed by atoms with E-state index >= 15 is 0 Å². The van der Waals surface area contributed by atoms with Crippen molar-refractivity contribution in [2.45, 2.75) is 44.1 Å². The lowest BCUT2D eigenvalue weighted by molar-refractivity contribution is -0.175. The molecule has 2 N–H and O–H groups in total. The van der Waals surface area contributed by atoms with E-state index in [9.17, 15) is 24.6 Å². The topological polar surface area (TPSA) is 101 Å². The van der Waals surface area contributed by atoms with Gasteiger partial charge < -0.3 is 14.9 Å². The average molecular weight is 638 g/mol. The van der Waals surface area contributed by atoms with Crippen LogP contribution in [0.5, 0.6) is 0 Å². The first kappa shape index (κ1) is 33.5.